The largest absolute Gasteiger partial charge is 0.390 e. The number of Topliss-reactive ketones (excluding diaryl/α,β-unsaturated/α-hetero) is 1. The lowest BCUT2D eigenvalue weighted by Gasteiger charge is -2.18. The van der Waals surface area contributed by atoms with Gasteiger partial charge in [0.25, 0.3) is 0 Å². The molecule has 1 aromatic carbocycles. The first kappa shape index (κ1) is 16.3. The number of ketones is 1. The molecule has 0 radical (unpaired) electrons. The Hall–Kier alpha value is -1.72. The number of amides is 1. The van der Waals surface area contributed by atoms with Gasteiger partial charge in [-0.15, -0.1) is 0 Å². The molecule has 0 fully saturated rings. The number of carbonyl (C=O) groups excluding carboxylic acids is 2. The van der Waals surface area contributed by atoms with Crippen LogP contribution in [0.3, 0.4) is 0 Å². The molecule has 1 aromatic rings. The summed E-state index contributed by atoms with van der Waals surface area (Å²) < 4.78 is 0. The zero-order valence-corrected chi connectivity index (χ0v) is 11.8. The van der Waals surface area contributed by atoms with E-state index < -0.39 is 12.2 Å². The molecule has 0 bridgehead atoms. The van der Waals surface area contributed by atoms with Crippen LogP contribution < -0.4 is 5.32 Å². The third-order valence-electron chi connectivity index (χ3n) is 3.07. The van der Waals surface area contributed by atoms with Gasteiger partial charge in [0.15, 0.2) is 5.78 Å². The lowest BCUT2D eigenvalue weighted by Crippen LogP contribution is -2.27. The van der Waals surface area contributed by atoms with Crippen LogP contribution in [0.25, 0.3) is 0 Å². The number of hydrogen-bond donors (Lipinski definition) is 3. The minimum Gasteiger partial charge on any atom is -0.390 e. The van der Waals surface area contributed by atoms with Crippen molar-refractivity contribution < 1.29 is 19.8 Å². The van der Waals surface area contributed by atoms with Crippen molar-refractivity contribution in [1.82, 2.24) is 5.32 Å². The second-order valence-corrected chi connectivity index (χ2v) is 4.68. The summed E-state index contributed by atoms with van der Waals surface area (Å²) in [6.45, 7) is 3.49. The normalized spacial score (nSPS) is 13.6. The average Bonchev–Trinajstić information content (AvgIpc) is 2.45. The highest BCUT2D eigenvalue weighted by molar-refractivity contribution is 5.95. The highest BCUT2D eigenvalue weighted by Crippen LogP contribution is 2.19. The summed E-state index contributed by atoms with van der Waals surface area (Å²) in [7, 11) is 0. The quantitative estimate of drug-likeness (QED) is 0.655. The molecule has 0 aliphatic carbocycles. The Morgan fingerprint density at radius 2 is 1.80 bits per heavy atom. The van der Waals surface area contributed by atoms with Crippen molar-refractivity contribution in [2.45, 2.75) is 38.9 Å². The Kier molecular flexibility index (Phi) is 6.35. The van der Waals surface area contributed by atoms with Crippen molar-refractivity contribution in [1.29, 1.82) is 0 Å². The van der Waals surface area contributed by atoms with Crippen LogP contribution in [0.5, 0.6) is 0 Å². The molecule has 1 amide bonds. The van der Waals surface area contributed by atoms with Gasteiger partial charge in [0, 0.05) is 25.5 Å². The molecule has 0 saturated carbocycles. The maximum Gasteiger partial charge on any atom is 0.216 e. The van der Waals surface area contributed by atoms with Crippen molar-refractivity contribution in [2.24, 2.45) is 0 Å². The summed E-state index contributed by atoms with van der Waals surface area (Å²) in [4.78, 5) is 22.2. The number of benzene rings is 1. The van der Waals surface area contributed by atoms with Crippen LogP contribution >= 0.6 is 0 Å². The van der Waals surface area contributed by atoms with E-state index in [2.05, 4.69) is 5.32 Å². The van der Waals surface area contributed by atoms with Crippen LogP contribution in [0.15, 0.2) is 24.3 Å². The van der Waals surface area contributed by atoms with Crippen LogP contribution in [0.2, 0.25) is 0 Å². The topological polar surface area (TPSA) is 86.6 Å². The molecule has 3 N–H and O–H groups in total. The van der Waals surface area contributed by atoms with Crippen molar-refractivity contribution in [3.05, 3.63) is 35.4 Å². The summed E-state index contributed by atoms with van der Waals surface area (Å²) in [5.41, 5.74) is 1.14. The third-order valence-corrected chi connectivity index (χ3v) is 3.07. The maximum atomic E-state index is 11.5. The first-order valence-electron chi connectivity index (χ1n) is 6.69. The molecule has 0 heterocycles. The summed E-state index contributed by atoms with van der Waals surface area (Å²) in [6, 6.07) is 6.56. The van der Waals surface area contributed by atoms with Crippen molar-refractivity contribution in [2.75, 3.05) is 6.54 Å². The number of hydrogen-bond acceptors (Lipinski definition) is 4. The van der Waals surface area contributed by atoms with E-state index in [9.17, 15) is 19.8 Å². The molecule has 0 aliphatic heterocycles. The van der Waals surface area contributed by atoms with Crippen molar-refractivity contribution >= 4 is 11.7 Å². The summed E-state index contributed by atoms with van der Waals surface area (Å²) in [6.07, 6.45) is -1.30. The van der Waals surface area contributed by atoms with Crippen LogP contribution in [-0.4, -0.2) is 34.6 Å². The fourth-order valence-corrected chi connectivity index (χ4v) is 1.85. The number of nitrogens with one attached hydrogen (secondary N) is 1. The molecule has 1 rings (SSSR count). The molecule has 5 heteroatoms. The molecule has 0 spiro atoms. The molecule has 0 aliphatic rings. The van der Waals surface area contributed by atoms with Gasteiger partial charge in [-0.1, -0.05) is 31.2 Å². The molecular formula is C15H21NO4. The van der Waals surface area contributed by atoms with E-state index in [0.717, 1.165) is 0 Å². The number of aliphatic hydroxyl groups is 2. The van der Waals surface area contributed by atoms with Gasteiger partial charge in [-0.25, -0.2) is 0 Å². The van der Waals surface area contributed by atoms with Gasteiger partial charge in [0.2, 0.25) is 5.91 Å². The Bertz CT molecular complexity index is 455. The SMILES string of the molecule is CCC(=O)c1ccc(C(O)C(O)CCNC(C)=O)cc1. The lowest BCUT2D eigenvalue weighted by atomic mass is 9.99. The lowest BCUT2D eigenvalue weighted by molar-refractivity contribution is -0.119. The molecule has 20 heavy (non-hydrogen) atoms. The predicted molar refractivity (Wildman–Crippen MR) is 75.3 cm³/mol. The molecule has 0 saturated heterocycles. The summed E-state index contributed by atoms with van der Waals surface area (Å²) in [5, 5.41) is 22.4. The number of carbonyl (C=O) groups is 2. The molecule has 2 unspecified atom stereocenters. The Balaban J connectivity index is 2.60. The van der Waals surface area contributed by atoms with Gasteiger partial charge in [0.1, 0.15) is 6.10 Å². The van der Waals surface area contributed by atoms with Crippen LogP contribution in [0.4, 0.5) is 0 Å². The standard InChI is InChI=1S/C15H21NO4/c1-3-13(18)11-4-6-12(7-5-11)15(20)14(19)8-9-16-10(2)17/h4-7,14-15,19-20H,3,8-9H2,1-2H3,(H,16,17). The zero-order chi connectivity index (χ0) is 15.1. The van der Waals surface area contributed by atoms with Gasteiger partial charge in [-0.05, 0) is 12.0 Å². The van der Waals surface area contributed by atoms with Crippen molar-refractivity contribution in [3.63, 3.8) is 0 Å². The zero-order valence-electron chi connectivity index (χ0n) is 11.8. The van der Waals surface area contributed by atoms with Crippen LogP contribution in [-0.2, 0) is 4.79 Å². The van der Waals surface area contributed by atoms with Gasteiger partial charge in [-0.3, -0.25) is 9.59 Å². The fraction of sp³-hybridized carbons (Fsp3) is 0.467. The van der Waals surface area contributed by atoms with Gasteiger partial charge >= 0.3 is 0 Å². The van der Waals surface area contributed by atoms with E-state index >= 15 is 0 Å². The van der Waals surface area contributed by atoms with Crippen molar-refractivity contribution in [3.8, 4) is 0 Å². The van der Waals surface area contributed by atoms with E-state index in [1.807, 2.05) is 0 Å². The first-order chi connectivity index (χ1) is 9.45. The number of aliphatic hydroxyl groups excluding tert-OH is 2. The third kappa shape index (κ3) is 4.75. The number of rotatable bonds is 7. The Labute approximate surface area is 118 Å². The molecular weight excluding hydrogens is 258 g/mol. The van der Waals surface area contributed by atoms with E-state index in [4.69, 9.17) is 0 Å². The molecule has 0 aromatic heterocycles. The molecule has 5 nitrogen and oxygen atoms in total. The van der Waals surface area contributed by atoms with Gasteiger partial charge < -0.3 is 15.5 Å². The van der Waals surface area contributed by atoms with E-state index in [1.54, 1.807) is 31.2 Å². The Morgan fingerprint density at radius 3 is 2.30 bits per heavy atom. The predicted octanol–water partition coefficient (Wildman–Crippen LogP) is 1.20. The maximum absolute atomic E-state index is 11.5. The van der Waals surface area contributed by atoms with E-state index in [-0.39, 0.29) is 18.1 Å². The fourth-order valence-electron chi connectivity index (χ4n) is 1.85. The second-order valence-electron chi connectivity index (χ2n) is 4.68. The minimum absolute atomic E-state index is 0.0391. The monoisotopic (exact) mass is 279 g/mol. The second kappa shape index (κ2) is 7.77. The smallest absolute Gasteiger partial charge is 0.216 e. The Morgan fingerprint density at radius 1 is 1.20 bits per heavy atom. The van der Waals surface area contributed by atoms with E-state index in [0.29, 0.717) is 24.1 Å². The van der Waals surface area contributed by atoms with Crippen LogP contribution in [0, 0.1) is 0 Å². The molecule has 2 atom stereocenters. The summed E-state index contributed by atoms with van der Waals surface area (Å²) >= 11 is 0. The summed E-state index contributed by atoms with van der Waals surface area (Å²) in [5.74, 6) is -0.133. The highest BCUT2D eigenvalue weighted by Gasteiger charge is 2.18. The molecule has 110 valence electrons. The average molecular weight is 279 g/mol. The van der Waals surface area contributed by atoms with Crippen LogP contribution in [0.1, 0.15) is 48.7 Å². The highest BCUT2D eigenvalue weighted by atomic mass is 16.3. The first-order valence-corrected chi connectivity index (χ1v) is 6.69. The van der Waals surface area contributed by atoms with Gasteiger partial charge in [-0.2, -0.15) is 0 Å². The minimum atomic E-state index is -1.03. The van der Waals surface area contributed by atoms with E-state index in [1.165, 1.54) is 6.92 Å². The van der Waals surface area contributed by atoms with Gasteiger partial charge in [0.05, 0.1) is 6.10 Å².